The first-order chi connectivity index (χ1) is 19.5. The van der Waals surface area contributed by atoms with Crippen LogP contribution in [0.5, 0.6) is 11.5 Å². The van der Waals surface area contributed by atoms with Crippen LogP contribution < -0.4 is 19.1 Å². The van der Waals surface area contributed by atoms with Gasteiger partial charge in [-0.1, -0.05) is 54.4 Å². The molecular formula is C29H33Cl2N3O6S. The predicted octanol–water partition coefficient (Wildman–Crippen LogP) is 5.15. The van der Waals surface area contributed by atoms with E-state index in [-0.39, 0.29) is 22.9 Å². The Labute approximate surface area is 251 Å². The minimum atomic E-state index is -4.24. The van der Waals surface area contributed by atoms with Crippen molar-refractivity contribution in [2.24, 2.45) is 0 Å². The summed E-state index contributed by atoms with van der Waals surface area (Å²) in [6, 6.07) is 16.3. The summed E-state index contributed by atoms with van der Waals surface area (Å²) in [5.74, 6) is -0.380. The molecule has 3 aromatic rings. The largest absolute Gasteiger partial charge is 0.493 e. The lowest BCUT2D eigenvalue weighted by Gasteiger charge is -2.32. The maximum atomic E-state index is 14.0. The first-order valence-corrected chi connectivity index (χ1v) is 15.0. The number of sulfonamides is 1. The molecule has 9 nitrogen and oxygen atoms in total. The van der Waals surface area contributed by atoms with Crippen LogP contribution in [0.15, 0.2) is 71.6 Å². The first kappa shape index (κ1) is 32.0. The molecule has 12 heteroatoms. The van der Waals surface area contributed by atoms with Gasteiger partial charge in [0.2, 0.25) is 11.8 Å². The molecule has 0 aliphatic carbocycles. The molecule has 0 aliphatic rings. The average Bonchev–Trinajstić information content (AvgIpc) is 2.98. The molecule has 0 spiro atoms. The molecule has 2 amide bonds. The van der Waals surface area contributed by atoms with E-state index in [1.54, 1.807) is 49.4 Å². The molecule has 0 bridgehead atoms. The van der Waals surface area contributed by atoms with Crippen LogP contribution in [0, 0.1) is 0 Å². The van der Waals surface area contributed by atoms with E-state index in [1.165, 1.54) is 43.4 Å². The summed E-state index contributed by atoms with van der Waals surface area (Å²) in [7, 11) is -1.35. The minimum absolute atomic E-state index is 0.0166. The van der Waals surface area contributed by atoms with Crippen LogP contribution in [-0.4, -0.2) is 58.5 Å². The second-order valence-electron chi connectivity index (χ2n) is 9.05. The molecule has 0 aliphatic heterocycles. The summed E-state index contributed by atoms with van der Waals surface area (Å²) in [5, 5.41) is 3.41. The average molecular weight is 623 g/mol. The number of anilines is 1. The van der Waals surface area contributed by atoms with Crippen molar-refractivity contribution in [2.45, 2.75) is 37.8 Å². The van der Waals surface area contributed by atoms with Crippen molar-refractivity contribution in [1.82, 2.24) is 10.2 Å². The Morgan fingerprint density at radius 3 is 2.15 bits per heavy atom. The highest BCUT2D eigenvalue weighted by atomic mass is 35.5. The van der Waals surface area contributed by atoms with Crippen LogP contribution in [0.3, 0.4) is 0 Å². The Morgan fingerprint density at radius 2 is 1.56 bits per heavy atom. The minimum Gasteiger partial charge on any atom is -0.493 e. The highest BCUT2D eigenvalue weighted by molar-refractivity contribution is 7.92. The molecule has 0 saturated heterocycles. The smallest absolute Gasteiger partial charge is 0.264 e. The topological polar surface area (TPSA) is 105 Å². The van der Waals surface area contributed by atoms with Gasteiger partial charge in [0.25, 0.3) is 10.0 Å². The van der Waals surface area contributed by atoms with E-state index in [2.05, 4.69) is 5.32 Å². The SMILES string of the molecule is CCCNC(=O)[C@H](C)N(Cc1c(Cl)cccc1Cl)C(=O)CN(c1ccc(OC)c(OC)c1)S(=O)(=O)c1ccccc1. The van der Waals surface area contributed by atoms with Gasteiger partial charge in [-0.05, 0) is 49.7 Å². The lowest BCUT2D eigenvalue weighted by molar-refractivity contribution is -0.139. The van der Waals surface area contributed by atoms with E-state index in [0.717, 1.165) is 4.31 Å². The predicted molar refractivity (Wildman–Crippen MR) is 160 cm³/mol. The van der Waals surface area contributed by atoms with E-state index in [1.807, 2.05) is 6.92 Å². The molecule has 0 saturated carbocycles. The van der Waals surface area contributed by atoms with Gasteiger partial charge < -0.3 is 19.7 Å². The fraction of sp³-hybridized carbons (Fsp3) is 0.310. The molecule has 0 fully saturated rings. The Hall–Kier alpha value is -3.47. The van der Waals surface area contributed by atoms with E-state index in [0.29, 0.717) is 34.3 Å². The molecular weight excluding hydrogens is 589 g/mol. The van der Waals surface area contributed by atoms with E-state index < -0.39 is 34.4 Å². The summed E-state index contributed by atoms with van der Waals surface area (Å²) in [6.07, 6.45) is 0.700. The molecule has 3 aromatic carbocycles. The van der Waals surface area contributed by atoms with Crippen molar-refractivity contribution in [1.29, 1.82) is 0 Å². The molecule has 220 valence electrons. The number of hydrogen-bond acceptors (Lipinski definition) is 6. The lowest BCUT2D eigenvalue weighted by Crippen LogP contribution is -2.51. The number of nitrogens with zero attached hydrogens (tertiary/aromatic N) is 2. The molecule has 1 N–H and O–H groups in total. The second-order valence-corrected chi connectivity index (χ2v) is 11.7. The van der Waals surface area contributed by atoms with Gasteiger partial charge in [0.05, 0.1) is 24.8 Å². The number of amides is 2. The van der Waals surface area contributed by atoms with Crippen molar-refractivity contribution in [3.63, 3.8) is 0 Å². The fourth-order valence-corrected chi connectivity index (χ4v) is 6.00. The zero-order valence-corrected chi connectivity index (χ0v) is 25.6. The highest BCUT2D eigenvalue weighted by Crippen LogP contribution is 2.34. The number of nitrogens with one attached hydrogen (secondary N) is 1. The number of rotatable bonds is 13. The number of halogens is 2. The standard InChI is InChI=1S/C29H33Cl2N3O6S/c1-5-16-32-29(36)20(2)33(18-23-24(30)12-9-13-25(23)31)28(35)19-34(41(37,38)22-10-7-6-8-11-22)21-14-15-26(39-3)27(17-21)40-4/h6-15,17,20H,5,16,18-19H2,1-4H3,(H,32,36)/t20-/m0/s1. The van der Waals surface area contributed by atoms with Gasteiger partial charge in [-0.15, -0.1) is 0 Å². The zero-order chi connectivity index (χ0) is 30.2. The number of methoxy groups -OCH3 is 2. The molecule has 1 atom stereocenters. The van der Waals surface area contributed by atoms with E-state index in [4.69, 9.17) is 32.7 Å². The maximum Gasteiger partial charge on any atom is 0.264 e. The Kier molecular flexibility index (Phi) is 11.3. The van der Waals surface area contributed by atoms with E-state index in [9.17, 15) is 18.0 Å². The second kappa shape index (κ2) is 14.4. The summed E-state index contributed by atoms with van der Waals surface area (Å²) in [5.41, 5.74) is 0.599. The first-order valence-electron chi connectivity index (χ1n) is 12.8. The van der Waals surface area contributed by atoms with E-state index >= 15 is 0 Å². The summed E-state index contributed by atoms with van der Waals surface area (Å²) in [6.45, 7) is 3.15. The van der Waals surface area contributed by atoms with Crippen molar-refractivity contribution in [3.05, 3.63) is 82.3 Å². The Morgan fingerprint density at radius 1 is 0.927 bits per heavy atom. The summed E-state index contributed by atoms with van der Waals surface area (Å²) in [4.78, 5) is 28.3. The van der Waals surface area contributed by atoms with Crippen molar-refractivity contribution in [2.75, 3.05) is 31.6 Å². The summed E-state index contributed by atoms with van der Waals surface area (Å²) < 4.78 is 39.5. The van der Waals surface area contributed by atoms with Crippen LogP contribution in [-0.2, 0) is 26.2 Å². The van der Waals surface area contributed by atoms with Gasteiger partial charge in [-0.25, -0.2) is 8.42 Å². The summed E-state index contributed by atoms with van der Waals surface area (Å²) >= 11 is 12.8. The number of ether oxygens (including phenoxy) is 2. The van der Waals surface area contributed by atoms with Crippen molar-refractivity contribution >= 4 is 50.7 Å². The van der Waals surface area contributed by atoms with Gasteiger partial charge in [0, 0.05) is 34.8 Å². The van der Waals surface area contributed by atoms with Crippen LogP contribution in [0.1, 0.15) is 25.8 Å². The molecule has 41 heavy (non-hydrogen) atoms. The number of hydrogen-bond donors (Lipinski definition) is 1. The quantitative estimate of drug-likeness (QED) is 0.283. The van der Waals surface area contributed by atoms with Crippen molar-refractivity contribution < 1.29 is 27.5 Å². The van der Waals surface area contributed by atoms with Crippen LogP contribution in [0.25, 0.3) is 0 Å². The highest BCUT2D eigenvalue weighted by Gasteiger charge is 2.33. The third-order valence-electron chi connectivity index (χ3n) is 6.37. The zero-order valence-electron chi connectivity index (χ0n) is 23.3. The third kappa shape index (κ3) is 7.63. The third-order valence-corrected chi connectivity index (χ3v) is 8.87. The van der Waals surface area contributed by atoms with Gasteiger partial charge in [-0.2, -0.15) is 0 Å². The molecule has 0 heterocycles. The fourth-order valence-electron chi connectivity index (χ4n) is 4.06. The molecule has 3 rings (SSSR count). The van der Waals surface area contributed by atoms with Crippen LogP contribution in [0.4, 0.5) is 5.69 Å². The Bertz CT molecular complexity index is 1450. The molecule has 0 unspecified atom stereocenters. The van der Waals surface area contributed by atoms with Gasteiger partial charge >= 0.3 is 0 Å². The van der Waals surface area contributed by atoms with Gasteiger partial charge in [0.15, 0.2) is 11.5 Å². The number of carbonyl (C=O) groups excluding carboxylic acids is 2. The molecule has 0 radical (unpaired) electrons. The normalized spacial score (nSPS) is 11.9. The maximum absolute atomic E-state index is 14.0. The van der Waals surface area contributed by atoms with Crippen LogP contribution >= 0.6 is 23.2 Å². The number of benzene rings is 3. The monoisotopic (exact) mass is 621 g/mol. The van der Waals surface area contributed by atoms with Gasteiger partial charge in [0.1, 0.15) is 12.6 Å². The van der Waals surface area contributed by atoms with Gasteiger partial charge in [-0.3, -0.25) is 13.9 Å². The molecule has 0 aromatic heterocycles. The van der Waals surface area contributed by atoms with Crippen molar-refractivity contribution in [3.8, 4) is 11.5 Å². The van der Waals surface area contributed by atoms with Crippen LogP contribution in [0.2, 0.25) is 10.0 Å². The lowest BCUT2D eigenvalue weighted by atomic mass is 10.1. The Balaban J connectivity index is 2.10. The number of carbonyl (C=O) groups is 2.